The molecule has 0 radical (unpaired) electrons. The van der Waals surface area contributed by atoms with Crippen LogP contribution >= 0.6 is 0 Å². The van der Waals surface area contributed by atoms with E-state index in [1.54, 1.807) is 11.0 Å². The summed E-state index contributed by atoms with van der Waals surface area (Å²) in [6, 6.07) is 3.63. The van der Waals surface area contributed by atoms with Crippen LogP contribution in [0.5, 0.6) is 5.75 Å². The van der Waals surface area contributed by atoms with Crippen molar-refractivity contribution in [1.29, 1.82) is 0 Å². The first kappa shape index (κ1) is 15.3. The number of carbonyl (C=O) groups excluding carboxylic acids is 1. The summed E-state index contributed by atoms with van der Waals surface area (Å²) in [5.41, 5.74) is 1.51. The predicted molar refractivity (Wildman–Crippen MR) is 85.0 cm³/mol. The summed E-state index contributed by atoms with van der Waals surface area (Å²) >= 11 is 0. The third kappa shape index (κ3) is 2.60. The molecule has 1 aromatic carbocycles. The highest BCUT2D eigenvalue weighted by atomic mass is 16.3. The fourth-order valence-electron chi connectivity index (χ4n) is 4.05. The number of phenols is 1. The Labute approximate surface area is 131 Å². The number of benzene rings is 1. The first-order valence-corrected chi connectivity index (χ1v) is 8.22. The van der Waals surface area contributed by atoms with Crippen LogP contribution in [0, 0.1) is 19.8 Å². The van der Waals surface area contributed by atoms with E-state index in [-0.39, 0.29) is 17.6 Å². The van der Waals surface area contributed by atoms with Crippen LogP contribution in [-0.2, 0) is 0 Å². The zero-order valence-electron chi connectivity index (χ0n) is 13.4. The number of nitrogens with zero attached hydrogens (tertiary/aromatic N) is 1. The summed E-state index contributed by atoms with van der Waals surface area (Å²) in [5, 5.41) is 20.9. The highest BCUT2D eigenvalue weighted by molar-refractivity contribution is 5.97. The van der Waals surface area contributed by atoms with Gasteiger partial charge in [-0.2, -0.15) is 0 Å². The van der Waals surface area contributed by atoms with Crippen molar-refractivity contribution < 1.29 is 15.0 Å². The summed E-state index contributed by atoms with van der Waals surface area (Å²) in [4.78, 5) is 14.6. The SMILES string of the molecule is Cc1cc(C)c(O)c(C(=O)N2CCC3(O)CCCCC3C2)c1. The fourth-order valence-corrected chi connectivity index (χ4v) is 4.05. The quantitative estimate of drug-likeness (QED) is 0.838. The molecule has 2 atom stereocenters. The third-order valence-corrected chi connectivity index (χ3v) is 5.39. The Hall–Kier alpha value is -1.55. The number of piperidine rings is 1. The molecule has 22 heavy (non-hydrogen) atoms. The Morgan fingerprint density at radius 3 is 2.82 bits per heavy atom. The average molecular weight is 303 g/mol. The number of aliphatic hydroxyl groups is 1. The molecule has 0 bridgehead atoms. The molecule has 2 fully saturated rings. The van der Waals surface area contributed by atoms with Crippen LogP contribution in [0.1, 0.15) is 53.6 Å². The number of rotatable bonds is 1. The molecule has 4 nitrogen and oxygen atoms in total. The molecule has 1 amide bonds. The van der Waals surface area contributed by atoms with Crippen molar-refractivity contribution in [2.24, 2.45) is 5.92 Å². The number of fused-ring (bicyclic) bond motifs is 1. The smallest absolute Gasteiger partial charge is 0.257 e. The minimum absolute atomic E-state index is 0.0834. The highest BCUT2D eigenvalue weighted by Crippen LogP contribution is 2.40. The second-order valence-electron chi connectivity index (χ2n) is 7.03. The average Bonchev–Trinajstić information content (AvgIpc) is 2.49. The topological polar surface area (TPSA) is 60.8 Å². The number of hydrogen-bond acceptors (Lipinski definition) is 3. The van der Waals surface area contributed by atoms with Gasteiger partial charge in [0, 0.05) is 19.0 Å². The van der Waals surface area contributed by atoms with E-state index in [1.807, 2.05) is 19.9 Å². The van der Waals surface area contributed by atoms with Crippen LogP contribution in [0.3, 0.4) is 0 Å². The minimum Gasteiger partial charge on any atom is -0.507 e. The van der Waals surface area contributed by atoms with Crippen molar-refractivity contribution in [2.45, 2.75) is 51.6 Å². The molecule has 1 aliphatic carbocycles. The number of likely N-dealkylation sites (tertiary alicyclic amines) is 1. The zero-order valence-corrected chi connectivity index (χ0v) is 13.4. The first-order chi connectivity index (χ1) is 10.4. The molecule has 2 aliphatic rings. The summed E-state index contributed by atoms with van der Waals surface area (Å²) in [6.45, 7) is 4.91. The number of amides is 1. The molecule has 2 N–H and O–H groups in total. The largest absolute Gasteiger partial charge is 0.507 e. The van der Waals surface area contributed by atoms with Gasteiger partial charge in [0.2, 0.25) is 0 Å². The molecule has 3 rings (SSSR count). The molecule has 4 heteroatoms. The summed E-state index contributed by atoms with van der Waals surface area (Å²) < 4.78 is 0. The standard InChI is InChI=1S/C18H25NO3/c1-12-9-13(2)16(20)15(10-12)17(21)19-8-7-18(22)6-4-3-5-14(18)11-19/h9-10,14,20,22H,3-8,11H2,1-2H3. The van der Waals surface area contributed by atoms with Gasteiger partial charge in [0.15, 0.2) is 0 Å². The van der Waals surface area contributed by atoms with E-state index in [4.69, 9.17) is 0 Å². The molecule has 1 saturated heterocycles. The van der Waals surface area contributed by atoms with Crippen LogP contribution in [0.4, 0.5) is 0 Å². The summed E-state index contributed by atoms with van der Waals surface area (Å²) in [7, 11) is 0. The molecule has 1 saturated carbocycles. The van der Waals surface area contributed by atoms with Gasteiger partial charge in [-0.15, -0.1) is 0 Å². The number of carbonyl (C=O) groups is 1. The van der Waals surface area contributed by atoms with E-state index in [2.05, 4.69) is 0 Å². The Morgan fingerprint density at radius 1 is 1.27 bits per heavy atom. The van der Waals surface area contributed by atoms with Gasteiger partial charge in [0.1, 0.15) is 5.75 Å². The van der Waals surface area contributed by atoms with Crippen molar-refractivity contribution >= 4 is 5.91 Å². The summed E-state index contributed by atoms with van der Waals surface area (Å²) in [6.07, 6.45) is 4.70. The van der Waals surface area contributed by atoms with E-state index < -0.39 is 5.60 Å². The van der Waals surface area contributed by atoms with Gasteiger partial charge in [-0.3, -0.25) is 4.79 Å². The monoisotopic (exact) mass is 303 g/mol. The molecular weight excluding hydrogens is 278 g/mol. The van der Waals surface area contributed by atoms with E-state index in [9.17, 15) is 15.0 Å². The van der Waals surface area contributed by atoms with Gasteiger partial charge >= 0.3 is 0 Å². The maximum absolute atomic E-state index is 12.8. The minimum atomic E-state index is -0.584. The van der Waals surface area contributed by atoms with Crippen molar-refractivity contribution in [3.63, 3.8) is 0 Å². The van der Waals surface area contributed by atoms with E-state index in [0.29, 0.717) is 25.1 Å². The molecule has 0 spiro atoms. The van der Waals surface area contributed by atoms with Crippen LogP contribution in [0.15, 0.2) is 12.1 Å². The first-order valence-electron chi connectivity index (χ1n) is 8.22. The lowest BCUT2D eigenvalue weighted by molar-refractivity contribution is -0.0886. The van der Waals surface area contributed by atoms with Crippen LogP contribution in [0.25, 0.3) is 0 Å². The second kappa shape index (κ2) is 5.58. The van der Waals surface area contributed by atoms with Crippen LogP contribution in [0.2, 0.25) is 0 Å². The zero-order chi connectivity index (χ0) is 15.9. The lowest BCUT2D eigenvalue weighted by Crippen LogP contribution is -2.54. The van der Waals surface area contributed by atoms with Gasteiger partial charge in [-0.25, -0.2) is 0 Å². The number of hydrogen-bond donors (Lipinski definition) is 2. The predicted octanol–water partition coefficient (Wildman–Crippen LogP) is 2.78. The molecule has 120 valence electrons. The van der Waals surface area contributed by atoms with Crippen molar-refractivity contribution in [2.75, 3.05) is 13.1 Å². The van der Waals surface area contributed by atoms with Gasteiger partial charge < -0.3 is 15.1 Å². The van der Waals surface area contributed by atoms with Crippen LogP contribution in [-0.4, -0.2) is 39.7 Å². The van der Waals surface area contributed by atoms with Crippen molar-refractivity contribution in [3.8, 4) is 5.75 Å². The highest BCUT2D eigenvalue weighted by Gasteiger charge is 2.44. The molecule has 0 aromatic heterocycles. The Kier molecular flexibility index (Phi) is 3.89. The van der Waals surface area contributed by atoms with E-state index in [1.165, 1.54) is 0 Å². The third-order valence-electron chi connectivity index (χ3n) is 5.39. The van der Waals surface area contributed by atoms with Gasteiger partial charge in [0.05, 0.1) is 11.2 Å². The fraction of sp³-hybridized carbons (Fsp3) is 0.611. The van der Waals surface area contributed by atoms with Crippen LogP contribution < -0.4 is 0 Å². The van der Waals surface area contributed by atoms with Gasteiger partial charge in [0.25, 0.3) is 5.91 Å². The molecular formula is C18H25NO3. The molecule has 1 aliphatic heterocycles. The normalized spacial score (nSPS) is 28.3. The van der Waals surface area contributed by atoms with E-state index >= 15 is 0 Å². The maximum atomic E-state index is 12.8. The van der Waals surface area contributed by atoms with Gasteiger partial charge in [-0.1, -0.05) is 18.9 Å². The number of aromatic hydroxyl groups is 1. The lowest BCUT2D eigenvalue weighted by atomic mass is 9.71. The molecule has 2 unspecified atom stereocenters. The Balaban J connectivity index is 1.82. The second-order valence-corrected chi connectivity index (χ2v) is 7.03. The summed E-state index contributed by atoms with van der Waals surface area (Å²) in [5.74, 6) is 0.143. The number of aryl methyl sites for hydroxylation is 2. The van der Waals surface area contributed by atoms with Gasteiger partial charge in [-0.05, 0) is 50.3 Å². The van der Waals surface area contributed by atoms with Crippen molar-refractivity contribution in [3.05, 3.63) is 28.8 Å². The number of phenolic OH excluding ortho intramolecular Hbond substituents is 1. The Bertz CT molecular complexity index is 598. The van der Waals surface area contributed by atoms with Crippen molar-refractivity contribution in [1.82, 2.24) is 4.90 Å². The maximum Gasteiger partial charge on any atom is 0.257 e. The lowest BCUT2D eigenvalue weighted by Gasteiger charge is -2.47. The molecule has 1 aromatic rings. The Morgan fingerprint density at radius 2 is 2.05 bits per heavy atom. The van der Waals surface area contributed by atoms with E-state index in [0.717, 1.165) is 36.8 Å². The molecule has 1 heterocycles.